The molecule has 0 bridgehead atoms. The third kappa shape index (κ3) is 11.2. The van der Waals surface area contributed by atoms with Crippen LogP contribution in [0.5, 0.6) is 0 Å². The Hall–Kier alpha value is -1.61. The Morgan fingerprint density at radius 3 is 2.38 bits per heavy atom. The Bertz CT molecular complexity index is 694. The van der Waals surface area contributed by atoms with Gasteiger partial charge in [0, 0.05) is 32.3 Å². The van der Waals surface area contributed by atoms with Crippen LogP contribution in [0.3, 0.4) is 0 Å². The van der Waals surface area contributed by atoms with Crippen molar-refractivity contribution in [3.63, 3.8) is 0 Å². The van der Waals surface area contributed by atoms with Crippen LogP contribution in [-0.4, -0.2) is 75.1 Å². The third-order valence-electron chi connectivity index (χ3n) is 6.46. The first kappa shape index (κ1) is 28.6. The first-order valence-electron chi connectivity index (χ1n) is 13.2. The van der Waals surface area contributed by atoms with Crippen molar-refractivity contribution in [1.29, 1.82) is 0 Å². The first-order chi connectivity index (χ1) is 16.7. The lowest BCUT2D eigenvalue weighted by Crippen LogP contribution is -2.35. The molecule has 0 aromatic carbocycles. The lowest BCUT2D eigenvalue weighted by Gasteiger charge is -2.26. The van der Waals surface area contributed by atoms with Crippen LogP contribution in [0.25, 0.3) is 0 Å². The molecule has 9 heteroatoms. The van der Waals surface area contributed by atoms with Crippen molar-refractivity contribution in [2.24, 2.45) is 0 Å². The van der Waals surface area contributed by atoms with E-state index in [0.29, 0.717) is 18.9 Å². The van der Waals surface area contributed by atoms with Crippen LogP contribution in [-0.2, 0) is 16.0 Å². The minimum Gasteiger partial charge on any atom is -0.394 e. The van der Waals surface area contributed by atoms with E-state index in [0.717, 1.165) is 69.5 Å². The summed E-state index contributed by atoms with van der Waals surface area (Å²) in [4.78, 5) is 26.6. The second-order valence-electron chi connectivity index (χ2n) is 9.30. The summed E-state index contributed by atoms with van der Waals surface area (Å²) in [5, 5.41) is 20.7. The van der Waals surface area contributed by atoms with Gasteiger partial charge in [0.15, 0.2) is 6.04 Å². The summed E-state index contributed by atoms with van der Waals surface area (Å²) < 4.78 is 1.48. The Morgan fingerprint density at radius 2 is 1.71 bits per heavy atom. The van der Waals surface area contributed by atoms with E-state index in [1.165, 1.54) is 43.2 Å². The predicted molar refractivity (Wildman–Crippen MR) is 138 cm³/mol. The number of carbonyl (C=O) groups excluding carboxylic acids is 2. The van der Waals surface area contributed by atoms with Crippen LogP contribution in [0.15, 0.2) is 6.20 Å². The molecule has 0 aliphatic carbocycles. The first-order valence-corrected chi connectivity index (χ1v) is 14.6. The number of aliphatic hydroxyl groups is 1. The highest BCUT2D eigenvalue weighted by atomic mass is 32.2. The predicted octanol–water partition coefficient (Wildman–Crippen LogP) is 3.75. The van der Waals surface area contributed by atoms with Gasteiger partial charge in [-0.3, -0.25) is 9.59 Å². The number of likely N-dealkylation sites (tertiary alicyclic amines) is 1. The topological polar surface area (TPSA) is 100 Å². The molecule has 2 amide bonds. The lowest BCUT2D eigenvalue weighted by molar-refractivity contribution is -0.132. The number of piperidine rings is 1. The van der Waals surface area contributed by atoms with Crippen LogP contribution >= 0.6 is 11.8 Å². The fraction of sp³-hybridized carbons (Fsp3) is 0.840. The number of thioether (sulfide) groups is 1. The largest absolute Gasteiger partial charge is 0.394 e. The second kappa shape index (κ2) is 17.8. The zero-order chi connectivity index (χ0) is 24.4. The molecule has 1 atom stereocenters. The van der Waals surface area contributed by atoms with Crippen LogP contribution in [0.2, 0.25) is 0 Å². The summed E-state index contributed by atoms with van der Waals surface area (Å²) in [7, 11) is 0. The van der Waals surface area contributed by atoms with Crippen LogP contribution in [0.4, 0.5) is 0 Å². The van der Waals surface area contributed by atoms with Crippen molar-refractivity contribution in [2.75, 3.05) is 38.2 Å². The number of amides is 2. The molecule has 1 fully saturated rings. The van der Waals surface area contributed by atoms with E-state index >= 15 is 0 Å². The molecule has 0 saturated carbocycles. The molecule has 2 rings (SSSR count). The third-order valence-corrected chi connectivity index (χ3v) is 7.16. The van der Waals surface area contributed by atoms with Gasteiger partial charge in [-0.2, -0.15) is 11.8 Å². The van der Waals surface area contributed by atoms with Crippen molar-refractivity contribution >= 4 is 23.6 Å². The Kier molecular flexibility index (Phi) is 15.0. The molecule has 0 unspecified atom stereocenters. The molecule has 0 spiro atoms. The zero-order valence-corrected chi connectivity index (χ0v) is 21.9. The summed E-state index contributed by atoms with van der Waals surface area (Å²) in [6.07, 6.45) is 18.9. The molecule has 8 nitrogen and oxygen atoms in total. The molecule has 194 valence electrons. The normalized spacial score (nSPS) is 14.8. The van der Waals surface area contributed by atoms with Gasteiger partial charge in [-0.05, 0) is 57.0 Å². The van der Waals surface area contributed by atoms with E-state index in [2.05, 4.69) is 21.9 Å². The summed E-state index contributed by atoms with van der Waals surface area (Å²) in [6, 6.07) is -0.719. The molecule has 1 aliphatic rings. The van der Waals surface area contributed by atoms with Gasteiger partial charge in [-0.15, -0.1) is 5.10 Å². The maximum Gasteiger partial charge on any atom is 0.247 e. The second-order valence-corrected chi connectivity index (χ2v) is 10.3. The average molecular weight is 496 g/mol. The number of nitrogens with one attached hydrogen (secondary N) is 1. The Morgan fingerprint density at radius 1 is 1.03 bits per heavy atom. The quantitative estimate of drug-likeness (QED) is 0.301. The molecule has 2 N–H and O–H groups in total. The number of aryl methyl sites for hydroxylation is 1. The van der Waals surface area contributed by atoms with Gasteiger partial charge >= 0.3 is 0 Å². The van der Waals surface area contributed by atoms with Crippen molar-refractivity contribution in [2.45, 2.75) is 95.9 Å². The van der Waals surface area contributed by atoms with Crippen molar-refractivity contribution in [3.05, 3.63) is 11.9 Å². The molecule has 0 radical (unpaired) electrons. The minimum absolute atomic E-state index is 0.206. The van der Waals surface area contributed by atoms with Gasteiger partial charge in [0.2, 0.25) is 11.8 Å². The molecular formula is C25H45N5O3S. The van der Waals surface area contributed by atoms with Gasteiger partial charge < -0.3 is 15.3 Å². The maximum absolute atomic E-state index is 12.4. The molecule has 1 aromatic rings. The average Bonchev–Trinajstić information content (AvgIpc) is 3.32. The summed E-state index contributed by atoms with van der Waals surface area (Å²) in [5.74, 6) is 1.21. The summed E-state index contributed by atoms with van der Waals surface area (Å²) in [6.45, 7) is 2.24. The number of rotatable bonds is 18. The molecule has 1 saturated heterocycles. The molecule has 34 heavy (non-hydrogen) atoms. The van der Waals surface area contributed by atoms with E-state index in [1.807, 2.05) is 4.90 Å². The number of nitrogens with zero attached hydrogens (tertiary/aromatic N) is 4. The van der Waals surface area contributed by atoms with Crippen molar-refractivity contribution < 1.29 is 14.7 Å². The number of carbonyl (C=O) groups is 2. The van der Waals surface area contributed by atoms with E-state index < -0.39 is 6.04 Å². The summed E-state index contributed by atoms with van der Waals surface area (Å²) >= 11 is 1.80. The van der Waals surface area contributed by atoms with E-state index in [1.54, 1.807) is 18.0 Å². The Labute approximate surface area is 209 Å². The number of hydrogen-bond acceptors (Lipinski definition) is 6. The molecule has 1 aliphatic heterocycles. The van der Waals surface area contributed by atoms with Crippen molar-refractivity contribution in [1.82, 2.24) is 25.2 Å². The van der Waals surface area contributed by atoms with E-state index in [4.69, 9.17) is 0 Å². The fourth-order valence-corrected chi connectivity index (χ4v) is 4.79. The van der Waals surface area contributed by atoms with E-state index in [-0.39, 0.29) is 12.5 Å². The lowest BCUT2D eigenvalue weighted by atomic mass is 10.1. The number of aliphatic hydroxyl groups excluding tert-OH is 1. The maximum atomic E-state index is 12.4. The highest BCUT2D eigenvalue weighted by molar-refractivity contribution is 7.98. The molecule has 2 heterocycles. The van der Waals surface area contributed by atoms with Gasteiger partial charge in [0.05, 0.1) is 12.3 Å². The van der Waals surface area contributed by atoms with Gasteiger partial charge in [0.25, 0.3) is 0 Å². The SMILES string of the molecule is CSCCCc1cn([C@@H](CO)C(=O)NCCCCCCCCCCC(=O)N2CCCCC2)nn1. The van der Waals surface area contributed by atoms with Crippen LogP contribution < -0.4 is 5.32 Å². The minimum atomic E-state index is -0.719. The van der Waals surface area contributed by atoms with Gasteiger partial charge in [-0.25, -0.2) is 4.68 Å². The number of hydrogen-bond donors (Lipinski definition) is 2. The number of aromatic nitrogens is 3. The van der Waals surface area contributed by atoms with Crippen LogP contribution in [0.1, 0.15) is 95.2 Å². The van der Waals surface area contributed by atoms with Crippen molar-refractivity contribution in [3.8, 4) is 0 Å². The molecule has 1 aromatic heterocycles. The highest BCUT2D eigenvalue weighted by Gasteiger charge is 2.20. The van der Waals surface area contributed by atoms with Gasteiger partial charge in [0.1, 0.15) is 0 Å². The van der Waals surface area contributed by atoms with Gasteiger partial charge in [-0.1, -0.05) is 43.7 Å². The molecular weight excluding hydrogens is 450 g/mol. The smallest absolute Gasteiger partial charge is 0.247 e. The van der Waals surface area contributed by atoms with Crippen LogP contribution in [0, 0.1) is 0 Å². The standard InChI is InChI=1S/C25H45N5O3S/c1-34-19-13-14-22-20-30(28-27-22)23(21-31)25(33)26-16-10-7-5-3-2-4-6-9-15-24(32)29-17-11-8-12-18-29/h20,23,31H,2-19,21H2,1H3,(H,26,33)/t23-/m0/s1. The summed E-state index contributed by atoms with van der Waals surface area (Å²) in [5.41, 5.74) is 0.855. The zero-order valence-electron chi connectivity index (χ0n) is 21.1. The fourth-order valence-electron chi connectivity index (χ4n) is 4.36. The number of unbranched alkanes of at least 4 members (excludes halogenated alkanes) is 7. The highest BCUT2D eigenvalue weighted by Crippen LogP contribution is 2.14. The Balaban J connectivity index is 1.45. The monoisotopic (exact) mass is 495 g/mol. The van der Waals surface area contributed by atoms with E-state index in [9.17, 15) is 14.7 Å².